The van der Waals surface area contributed by atoms with E-state index in [1.165, 1.54) is 6.08 Å². The van der Waals surface area contributed by atoms with Crippen molar-refractivity contribution in [3.8, 4) is 6.07 Å². The zero-order valence-corrected chi connectivity index (χ0v) is 8.62. The van der Waals surface area contributed by atoms with Gasteiger partial charge in [-0.15, -0.1) is 0 Å². The first kappa shape index (κ1) is 13.2. The molecule has 0 aliphatic heterocycles. The fourth-order valence-electron chi connectivity index (χ4n) is 0.951. The Kier molecular flexibility index (Phi) is 6.64. The van der Waals surface area contributed by atoms with Crippen LogP contribution >= 0.6 is 0 Å². The van der Waals surface area contributed by atoms with Gasteiger partial charge in [-0.2, -0.15) is 5.26 Å². The standard InChI is InChI=1S/C10H14N2O3/c1-2-8(10(14)15)12-9(13)6-4-3-5-7-11/h2H,3-6H2,1H3,(H,12,13)(H,14,15)/b8-2-. The van der Waals surface area contributed by atoms with Crippen LogP contribution in [0.15, 0.2) is 11.8 Å². The maximum atomic E-state index is 11.2. The largest absolute Gasteiger partial charge is 0.477 e. The van der Waals surface area contributed by atoms with Crippen LogP contribution in [0.3, 0.4) is 0 Å². The number of nitriles is 1. The molecule has 1 amide bonds. The van der Waals surface area contributed by atoms with Crippen LogP contribution in [0, 0.1) is 11.3 Å². The third-order valence-corrected chi connectivity index (χ3v) is 1.74. The van der Waals surface area contributed by atoms with E-state index >= 15 is 0 Å². The van der Waals surface area contributed by atoms with Gasteiger partial charge in [0.25, 0.3) is 0 Å². The summed E-state index contributed by atoms with van der Waals surface area (Å²) in [4.78, 5) is 21.7. The first-order chi connectivity index (χ1) is 7.11. The number of unbranched alkanes of at least 4 members (excludes halogenated alkanes) is 2. The van der Waals surface area contributed by atoms with E-state index < -0.39 is 5.97 Å². The Bertz CT molecular complexity index is 302. The lowest BCUT2D eigenvalue weighted by atomic mass is 10.2. The Morgan fingerprint density at radius 1 is 1.47 bits per heavy atom. The van der Waals surface area contributed by atoms with Crippen LogP contribution in [-0.2, 0) is 9.59 Å². The predicted molar refractivity (Wildman–Crippen MR) is 53.6 cm³/mol. The number of amides is 1. The van der Waals surface area contributed by atoms with Crippen LogP contribution in [0.25, 0.3) is 0 Å². The van der Waals surface area contributed by atoms with Gasteiger partial charge in [0.05, 0.1) is 6.07 Å². The van der Waals surface area contributed by atoms with E-state index in [-0.39, 0.29) is 18.0 Å². The van der Waals surface area contributed by atoms with Crippen LogP contribution in [0.2, 0.25) is 0 Å². The zero-order chi connectivity index (χ0) is 11.7. The second kappa shape index (κ2) is 7.56. The monoisotopic (exact) mass is 210 g/mol. The average Bonchev–Trinajstić information content (AvgIpc) is 2.20. The van der Waals surface area contributed by atoms with Crippen molar-refractivity contribution in [2.24, 2.45) is 0 Å². The number of carboxylic acid groups (broad SMARTS) is 1. The fraction of sp³-hybridized carbons (Fsp3) is 0.500. The topological polar surface area (TPSA) is 90.2 Å². The molecule has 5 nitrogen and oxygen atoms in total. The molecule has 82 valence electrons. The summed E-state index contributed by atoms with van der Waals surface area (Å²) in [5.41, 5.74) is -0.111. The summed E-state index contributed by atoms with van der Waals surface area (Å²) in [5, 5.41) is 19.1. The maximum Gasteiger partial charge on any atom is 0.352 e. The van der Waals surface area contributed by atoms with Crippen molar-refractivity contribution in [3.63, 3.8) is 0 Å². The predicted octanol–water partition coefficient (Wildman–Crippen LogP) is 1.17. The molecule has 0 saturated heterocycles. The number of carbonyl (C=O) groups is 2. The first-order valence-corrected chi connectivity index (χ1v) is 4.68. The van der Waals surface area contributed by atoms with Gasteiger partial charge in [-0.3, -0.25) is 4.79 Å². The third-order valence-electron chi connectivity index (χ3n) is 1.74. The molecular formula is C10H14N2O3. The second-order valence-electron chi connectivity index (χ2n) is 2.92. The van der Waals surface area contributed by atoms with E-state index in [0.717, 1.165) is 0 Å². The molecule has 0 bridgehead atoms. The van der Waals surface area contributed by atoms with Gasteiger partial charge in [0, 0.05) is 12.8 Å². The Hall–Kier alpha value is -1.83. The van der Waals surface area contributed by atoms with Crippen molar-refractivity contribution in [3.05, 3.63) is 11.8 Å². The van der Waals surface area contributed by atoms with E-state index in [2.05, 4.69) is 5.32 Å². The minimum Gasteiger partial charge on any atom is -0.477 e. The summed E-state index contributed by atoms with van der Waals surface area (Å²) in [6.45, 7) is 1.54. The number of rotatable bonds is 6. The SMILES string of the molecule is C/C=C(\NC(=O)CCCCC#N)C(=O)O. The number of nitrogens with zero attached hydrogens (tertiary/aromatic N) is 1. The summed E-state index contributed by atoms with van der Waals surface area (Å²) >= 11 is 0. The summed E-state index contributed by atoms with van der Waals surface area (Å²) < 4.78 is 0. The van der Waals surface area contributed by atoms with Crippen LogP contribution in [0.5, 0.6) is 0 Å². The van der Waals surface area contributed by atoms with Gasteiger partial charge in [-0.05, 0) is 19.8 Å². The maximum absolute atomic E-state index is 11.2. The molecule has 0 aromatic carbocycles. The molecule has 0 aromatic rings. The highest BCUT2D eigenvalue weighted by Gasteiger charge is 2.09. The van der Waals surface area contributed by atoms with Gasteiger partial charge < -0.3 is 10.4 Å². The molecule has 0 aromatic heterocycles. The second-order valence-corrected chi connectivity index (χ2v) is 2.92. The van der Waals surface area contributed by atoms with Crippen molar-refractivity contribution in [1.29, 1.82) is 5.26 Å². The summed E-state index contributed by atoms with van der Waals surface area (Å²) in [5.74, 6) is -1.48. The van der Waals surface area contributed by atoms with Gasteiger partial charge in [-0.1, -0.05) is 6.08 Å². The van der Waals surface area contributed by atoms with Crippen molar-refractivity contribution in [2.75, 3.05) is 0 Å². The Morgan fingerprint density at radius 2 is 2.13 bits per heavy atom. The van der Waals surface area contributed by atoms with Gasteiger partial charge >= 0.3 is 5.97 Å². The van der Waals surface area contributed by atoms with Crippen molar-refractivity contribution in [2.45, 2.75) is 32.6 Å². The number of carbonyl (C=O) groups excluding carboxylic acids is 1. The zero-order valence-electron chi connectivity index (χ0n) is 8.62. The lowest BCUT2D eigenvalue weighted by molar-refractivity contribution is -0.134. The molecule has 2 N–H and O–H groups in total. The molecule has 5 heteroatoms. The molecule has 0 saturated carbocycles. The van der Waals surface area contributed by atoms with Crippen LogP contribution in [0.1, 0.15) is 32.6 Å². The Balaban J connectivity index is 3.84. The molecular weight excluding hydrogens is 196 g/mol. The van der Waals surface area contributed by atoms with Gasteiger partial charge in [0.15, 0.2) is 0 Å². The normalized spacial score (nSPS) is 10.5. The fourth-order valence-corrected chi connectivity index (χ4v) is 0.951. The van der Waals surface area contributed by atoms with E-state index in [9.17, 15) is 9.59 Å². The lowest BCUT2D eigenvalue weighted by Gasteiger charge is -2.04. The van der Waals surface area contributed by atoms with Crippen molar-refractivity contribution >= 4 is 11.9 Å². The first-order valence-electron chi connectivity index (χ1n) is 4.68. The number of nitrogens with one attached hydrogen (secondary N) is 1. The summed E-state index contributed by atoms with van der Waals surface area (Å²) in [7, 11) is 0. The molecule has 0 unspecified atom stereocenters. The molecule has 0 aliphatic rings. The molecule has 0 heterocycles. The van der Waals surface area contributed by atoms with E-state index in [1.807, 2.05) is 6.07 Å². The summed E-state index contributed by atoms with van der Waals surface area (Å²) in [6.07, 6.45) is 3.24. The number of carboxylic acids is 1. The van der Waals surface area contributed by atoms with Crippen molar-refractivity contribution < 1.29 is 14.7 Å². The molecule has 15 heavy (non-hydrogen) atoms. The van der Waals surface area contributed by atoms with E-state index in [0.29, 0.717) is 19.3 Å². The van der Waals surface area contributed by atoms with Crippen LogP contribution < -0.4 is 5.32 Å². The Morgan fingerprint density at radius 3 is 2.60 bits per heavy atom. The molecule has 0 radical (unpaired) electrons. The minimum absolute atomic E-state index is 0.111. The highest BCUT2D eigenvalue weighted by atomic mass is 16.4. The average molecular weight is 210 g/mol. The number of aliphatic carboxylic acids is 1. The molecule has 0 rings (SSSR count). The van der Waals surface area contributed by atoms with E-state index in [1.54, 1.807) is 6.92 Å². The number of hydrogen-bond donors (Lipinski definition) is 2. The molecule has 0 spiro atoms. The van der Waals surface area contributed by atoms with Gasteiger partial charge in [0.1, 0.15) is 5.70 Å². The molecule has 0 atom stereocenters. The molecule has 0 aliphatic carbocycles. The quantitative estimate of drug-likeness (QED) is 0.508. The Labute approximate surface area is 88.4 Å². The highest BCUT2D eigenvalue weighted by Crippen LogP contribution is 1.99. The van der Waals surface area contributed by atoms with Crippen LogP contribution in [0.4, 0.5) is 0 Å². The van der Waals surface area contributed by atoms with Gasteiger partial charge in [0.2, 0.25) is 5.91 Å². The van der Waals surface area contributed by atoms with Crippen molar-refractivity contribution in [1.82, 2.24) is 5.32 Å². The van der Waals surface area contributed by atoms with E-state index in [4.69, 9.17) is 10.4 Å². The highest BCUT2D eigenvalue weighted by molar-refractivity contribution is 5.92. The summed E-state index contributed by atoms with van der Waals surface area (Å²) in [6, 6.07) is 1.97. The number of allylic oxidation sites excluding steroid dienone is 1. The minimum atomic E-state index is -1.15. The number of hydrogen-bond acceptors (Lipinski definition) is 3. The molecule has 0 fully saturated rings. The van der Waals surface area contributed by atoms with Gasteiger partial charge in [-0.25, -0.2) is 4.79 Å². The third kappa shape index (κ3) is 6.27. The lowest BCUT2D eigenvalue weighted by Crippen LogP contribution is -2.26. The smallest absolute Gasteiger partial charge is 0.352 e. The van der Waals surface area contributed by atoms with Crippen LogP contribution in [-0.4, -0.2) is 17.0 Å².